The van der Waals surface area contributed by atoms with Gasteiger partial charge in [-0.2, -0.15) is 0 Å². The second-order valence-corrected chi connectivity index (χ2v) is 9.39. The Morgan fingerprint density at radius 2 is 2.23 bits per heavy atom. The minimum absolute atomic E-state index is 0.00377. The lowest BCUT2D eigenvalue weighted by atomic mass is 9.97. The van der Waals surface area contributed by atoms with Crippen molar-refractivity contribution in [2.24, 2.45) is 5.73 Å². The first kappa shape index (κ1) is 18.0. The summed E-state index contributed by atoms with van der Waals surface area (Å²) in [6.45, 7) is 2.97. The van der Waals surface area contributed by atoms with Crippen molar-refractivity contribution < 1.29 is 9.53 Å². The first-order chi connectivity index (χ1) is 12.5. The number of amides is 1. The maximum atomic E-state index is 13.4. The van der Waals surface area contributed by atoms with E-state index in [1.807, 2.05) is 0 Å². The highest BCUT2D eigenvalue weighted by molar-refractivity contribution is 8.00. The summed E-state index contributed by atoms with van der Waals surface area (Å²) in [5, 5.41) is 0.909. The van der Waals surface area contributed by atoms with Crippen LogP contribution in [0.2, 0.25) is 0 Å². The average molecular weight is 394 g/mol. The van der Waals surface area contributed by atoms with E-state index < -0.39 is 11.2 Å². The van der Waals surface area contributed by atoms with E-state index in [1.165, 1.54) is 28.6 Å². The normalized spacial score (nSPS) is 21.0. The van der Waals surface area contributed by atoms with Gasteiger partial charge in [0.2, 0.25) is 5.91 Å². The van der Waals surface area contributed by atoms with Gasteiger partial charge in [-0.25, -0.2) is 4.98 Å². The summed E-state index contributed by atoms with van der Waals surface area (Å²) in [7, 11) is 0. The number of ether oxygens (including phenoxy) is 1. The van der Waals surface area contributed by atoms with E-state index >= 15 is 0 Å². The molecule has 2 aliphatic rings. The molecule has 1 aliphatic carbocycles. The number of nitrogens with zero attached hydrogens (tertiary/aromatic N) is 2. The fourth-order valence-corrected chi connectivity index (χ4v) is 5.85. The van der Waals surface area contributed by atoms with Gasteiger partial charge < -0.3 is 10.5 Å². The molecule has 0 aromatic carbocycles. The summed E-state index contributed by atoms with van der Waals surface area (Å²) in [5.41, 5.74) is 6.62. The van der Waals surface area contributed by atoms with Gasteiger partial charge in [0.25, 0.3) is 5.56 Å². The second kappa shape index (κ2) is 7.32. The summed E-state index contributed by atoms with van der Waals surface area (Å²) in [6, 6.07) is 0. The van der Waals surface area contributed by atoms with Gasteiger partial charge in [0.15, 0.2) is 5.16 Å². The van der Waals surface area contributed by atoms with E-state index in [0.29, 0.717) is 11.7 Å². The molecule has 2 aromatic rings. The zero-order chi connectivity index (χ0) is 18.3. The van der Waals surface area contributed by atoms with Crippen molar-refractivity contribution in [2.75, 3.05) is 6.61 Å². The SMILES string of the molecule is C[C@@H](Sc1nc2sc3c(c2c(=O)n1C[C@@H]1CCCO1)CCCC3)C(N)=O. The van der Waals surface area contributed by atoms with E-state index in [0.717, 1.165) is 48.9 Å². The zero-order valence-corrected chi connectivity index (χ0v) is 16.5. The minimum atomic E-state index is -0.440. The molecule has 2 aromatic heterocycles. The number of rotatable bonds is 5. The smallest absolute Gasteiger partial charge is 0.263 e. The molecule has 140 valence electrons. The molecule has 2 atom stereocenters. The summed E-state index contributed by atoms with van der Waals surface area (Å²) >= 11 is 2.89. The summed E-state index contributed by atoms with van der Waals surface area (Å²) in [5.74, 6) is -0.404. The summed E-state index contributed by atoms with van der Waals surface area (Å²) < 4.78 is 7.45. The number of carbonyl (C=O) groups excluding carboxylic acids is 1. The highest BCUT2D eigenvalue weighted by Gasteiger charge is 2.26. The van der Waals surface area contributed by atoms with Crippen LogP contribution >= 0.6 is 23.1 Å². The molecule has 0 saturated carbocycles. The molecule has 2 N–H and O–H groups in total. The van der Waals surface area contributed by atoms with Crippen molar-refractivity contribution in [3.63, 3.8) is 0 Å². The second-order valence-electron chi connectivity index (χ2n) is 7.00. The van der Waals surface area contributed by atoms with Crippen LogP contribution in [0.5, 0.6) is 0 Å². The van der Waals surface area contributed by atoms with Crippen LogP contribution in [0.3, 0.4) is 0 Å². The first-order valence-electron chi connectivity index (χ1n) is 9.17. The molecule has 26 heavy (non-hydrogen) atoms. The Kier molecular flexibility index (Phi) is 5.07. The standard InChI is InChI=1S/C18H23N3O3S2/c1-10(15(19)22)25-18-20-16-14(12-6-2-3-7-13(12)26-16)17(23)21(18)9-11-5-4-8-24-11/h10-11H,2-9H2,1H3,(H2,19,22)/t10-,11+/m1/s1. The quantitative estimate of drug-likeness (QED) is 0.623. The first-order valence-corrected chi connectivity index (χ1v) is 10.9. The lowest BCUT2D eigenvalue weighted by molar-refractivity contribution is -0.117. The molecule has 1 fully saturated rings. The maximum absolute atomic E-state index is 13.4. The van der Waals surface area contributed by atoms with Gasteiger partial charge in [-0.3, -0.25) is 14.2 Å². The van der Waals surface area contributed by atoms with Gasteiger partial charge in [-0.1, -0.05) is 11.8 Å². The van der Waals surface area contributed by atoms with Crippen LogP contribution in [0.4, 0.5) is 0 Å². The lowest BCUT2D eigenvalue weighted by Gasteiger charge is -2.17. The van der Waals surface area contributed by atoms with Crippen molar-refractivity contribution >= 4 is 39.2 Å². The predicted molar refractivity (Wildman–Crippen MR) is 104 cm³/mol. The maximum Gasteiger partial charge on any atom is 0.263 e. The van der Waals surface area contributed by atoms with Crippen molar-refractivity contribution in [2.45, 2.75) is 68.5 Å². The molecule has 3 heterocycles. The van der Waals surface area contributed by atoms with Gasteiger partial charge in [-0.15, -0.1) is 11.3 Å². The topological polar surface area (TPSA) is 87.2 Å². The number of thioether (sulfide) groups is 1. The van der Waals surface area contributed by atoms with Crippen LogP contribution in [0.25, 0.3) is 10.2 Å². The Bertz CT molecular complexity index is 899. The predicted octanol–water partition coefficient (Wildman–Crippen LogP) is 2.48. The van der Waals surface area contributed by atoms with Crippen LogP contribution in [0.15, 0.2) is 9.95 Å². The Labute approximate surface area is 160 Å². The fourth-order valence-electron chi connectivity index (χ4n) is 3.68. The van der Waals surface area contributed by atoms with Gasteiger partial charge in [0, 0.05) is 11.5 Å². The molecule has 8 heteroatoms. The van der Waals surface area contributed by atoms with Crippen molar-refractivity contribution in [3.8, 4) is 0 Å². The van der Waals surface area contributed by atoms with E-state index in [9.17, 15) is 9.59 Å². The van der Waals surface area contributed by atoms with Crippen LogP contribution in [0.1, 0.15) is 43.0 Å². The fraction of sp³-hybridized carbons (Fsp3) is 0.611. The van der Waals surface area contributed by atoms with Gasteiger partial charge in [0.1, 0.15) is 4.83 Å². The number of nitrogens with two attached hydrogens (primary N) is 1. The number of carbonyl (C=O) groups is 1. The molecular weight excluding hydrogens is 370 g/mol. The highest BCUT2D eigenvalue weighted by atomic mass is 32.2. The van der Waals surface area contributed by atoms with Crippen molar-refractivity contribution in [1.29, 1.82) is 0 Å². The van der Waals surface area contributed by atoms with Crippen molar-refractivity contribution in [3.05, 3.63) is 20.8 Å². The van der Waals surface area contributed by atoms with Gasteiger partial charge in [-0.05, 0) is 51.0 Å². The third-order valence-electron chi connectivity index (χ3n) is 5.13. The van der Waals surface area contributed by atoms with E-state index in [4.69, 9.17) is 15.5 Å². The molecule has 0 radical (unpaired) electrons. The molecule has 0 spiro atoms. The van der Waals surface area contributed by atoms with E-state index in [2.05, 4.69) is 0 Å². The highest BCUT2D eigenvalue weighted by Crippen LogP contribution is 2.35. The van der Waals surface area contributed by atoms with E-state index in [1.54, 1.807) is 22.8 Å². The van der Waals surface area contributed by atoms with E-state index in [-0.39, 0.29) is 11.7 Å². The Morgan fingerprint density at radius 3 is 2.96 bits per heavy atom. The Morgan fingerprint density at radius 1 is 1.42 bits per heavy atom. The van der Waals surface area contributed by atoms with Crippen LogP contribution in [-0.4, -0.2) is 33.4 Å². The number of thiophene rings is 1. The average Bonchev–Trinajstić information content (AvgIpc) is 3.25. The van der Waals surface area contributed by atoms with Crippen molar-refractivity contribution in [1.82, 2.24) is 9.55 Å². The Balaban J connectivity index is 1.83. The van der Waals surface area contributed by atoms with Gasteiger partial charge >= 0.3 is 0 Å². The molecule has 1 aliphatic heterocycles. The minimum Gasteiger partial charge on any atom is -0.376 e. The summed E-state index contributed by atoms with van der Waals surface area (Å²) in [6.07, 6.45) is 6.27. The third kappa shape index (κ3) is 3.30. The molecule has 4 rings (SSSR count). The molecule has 6 nitrogen and oxygen atoms in total. The number of aryl methyl sites for hydroxylation is 2. The largest absolute Gasteiger partial charge is 0.376 e. The molecule has 0 bridgehead atoms. The van der Waals surface area contributed by atoms with Gasteiger partial charge in [0.05, 0.1) is 23.3 Å². The lowest BCUT2D eigenvalue weighted by Crippen LogP contribution is -2.30. The van der Waals surface area contributed by atoms with Crippen LogP contribution in [0, 0.1) is 0 Å². The Hall–Kier alpha value is -1.38. The molecule has 0 unspecified atom stereocenters. The molecular formula is C18H23N3O3S2. The zero-order valence-electron chi connectivity index (χ0n) is 14.8. The number of hydrogen-bond acceptors (Lipinski definition) is 6. The number of hydrogen-bond donors (Lipinski definition) is 1. The van der Waals surface area contributed by atoms with Crippen LogP contribution < -0.4 is 11.3 Å². The molecule has 1 saturated heterocycles. The number of aromatic nitrogens is 2. The number of primary amides is 1. The monoisotopic (exact) mass is 393 g/mol. The number of fused-ring (bicyclic) bond motifs is 3. The molecule has 1 amide bonds. The summed E-state index contributed by atoms with van der Waals surface area (Å²) in [4.78, 5) is 31.8. The van der Waals surface area contributed by atoms with Crippen LogP contribution in [-0.2, 0) is 28.9 Å². The third-order valence-corrected chi connectivity index (χ3v) is 7.43.